The van der Waals surface area contributed by atoms with Gasteiger partial charge in [0.15, 0.2) is 0 Å². The summed E-state index contributed by atoms with van der Waals surface area (Å²) in [5.74, 6) is 7.90. The van der Waals surface area contributed by atoms with Gasteiger partial charge in [-0.25, -0.2) is 0 Å². The van der Waals surface area contributed by atoms with Gasteiger partial charge in [0.1, 0.15) is 0 Å². The van der Waals surface area contributed by atoms with Crippen LogP contribution in [0.15, 0.2) is 0 Å². The summed E-state index contributed by atoms with van der Waals surface area (Å²) >= 11 is 13.1. The highest BCUT2D eigenvalue weighted by Gasteiger charge is 2.89. The van der Waals surface area contributed by atoms with Crippen molar-refractivity contribution < 1.29 is 4.57 Å². The maximum absolute atomic E-state index is 13.2. The van der Waals surface area contributed by atoms with Crippen molar-refractivity contribution in [3.8, 4) is 0 Å². The van der Waals surface area contributed by atoms with Crippen LogP contribution in [0.2, 0.25) is 0 Å². The maximum Gasteiger partial charge on any atom is 0.259 e. The predicted octanol–water partition coefficient (Wildman–Crippen LogP) is 6.39. The van der Waals surface area contributed by atoms with Gasteiger partial charge in [-0.05, 0) is 150 Å². The third-order valence-corrected chi connectivity index (χ3v) is 16.8. The fraction of sp³-hybridized carbons (Fsp3) is 1.00. The highest BCUT2D eigenvalue weighted by molar-refractivity contribution is 8.09. The van der Waals surface area contributed by atoms with Crippen LogP contribution < -0.4 is 0 Å². The molecule has 0 aromatic rings. The summed E-state index contributed by atoms with van der Waals surface area (Å²) in [7, 11) is 0. The molecule has 1 nitrogen and oxygen atoms in total. The van der Waals surface area contributed by atoms with Gasteiger partial charge >= 0.3 is 0 Å². The monoisotopic (exact) mass is 408 g/mol. The standard InChI is InChI=1S/C22H27Cl2OP/c23-26(24,25)20-4-14-13-6-21-3-9-1-10-12-7-22(8-20,18(14)16(10)21)19(15(13)5-20)17(21)11(12)2-9/h9-19H,1-8H2/t9?,10-,11+,12?,13?,14-,15+,16-,17+,18-,19+,20?,21?,22?. The lowest BCUT2D eigenvalue weighted by Gasteiger charge is -2.92. The number of halogens is 2. The van der Waals surface area contributed by atoms with Crippen molar-refractivity contribution in [2.75, 3.05) is 0 Å². The van der Waals surface area contributed by atoms with Crippen LogP contribution in [0.5, 0.6) is 0 Å². The number of hydrogen-bond donors (Lipinski definition) is 0. The fourth-order valence-corrected chi connectivity index (χ4v) is 16.3. The minimum atomic E-state index is -3.06. The molecule has 26 heavy (non-hydrogen) atoms. The Balaban J connectivity index is 1.35. The Hall–Kier alpha value is 0.810. The molecule has 13 saturated carbocycles. The number of rotatable bonds is 1. The largest absolute Gasteiger partial charge is 0.289 e. The van der Waals surface area contributed by atoms with Gasteiger partial charge in [0.25, 0.3) is 5.85 Å². The fourth-order valence-electron chi connectivity index (χ4n) is 13.8. The molecule has 0 radical (unpaired) electrons. The molecule has 0 aromatic heterocycles. The van der Waals surface area contributed by atoms with Crippen LogP contribution in [-0.4, -0.2) is 5.16 Å². The average molecular weight is 409 g/mol. The first-order chi connectivity index (χ1) is 12.4. The van der Waals surface area contributed by atoms with Crippen LogP contribution in [0, 0.1) is 75.9 Å². The lowest BCUT2D eigenvalue weighted by Crippen LogP contribution is -2.87. The molecule has 0 amide bonds. The van der Waals surface area contributed by atoms with Crippen LogP contribution >= 0.6 is 28.3 Å². The zero-order chi connectivity index (χ0) is 17.0. The molecule has 0 N–H and O–H groups in total. The van der Waals surface area contributed by atoms with E-state index in [0.717, 1.165) is 89.8 Å². The van der Waals surface area contributed by atoms with Crippen LogP contribution in [0.25, 0.3) is 0 Å². The summed E-state index contributed by atoms with van der Waals surface area (Å²) in [5, 5.41) is -0.192. The quantitative estimate of drug-likeness (QED) is 0.459. The summed E-state index contributed by atoms with van der Waals surface area (Å²) in [4.78, 5) is 0. The Morgan fingerprint density at radius 3 is 1.81 bits per heavy atom. The molecule has 14 atom stereocenters. The van der Waals surface area contributed by atoms with Crippen molar-refractivity contribution in [3.05, 3.63) is 0 Å². The molecule has 6 unspecified atom stereocenters. The van der Waals surface area contributed by atoms with Crippen LogP contribution in [0.1, 0.15) is 51.4 Å². The lowest BCUT2D eigenvalue weighted by atomic mass is 9.13. The van der Waals surface area contributed by atoms with Crippen molar-refractivity contribution >= 4 is 28.3 Å². The van der Waals surface area contributed by atoms with Gasteiger partial charge in [0.05, 0.1) is 5.16 Å². The van der Waals surface area contributed by atoms with Gasteiger partial charge in [-0.15, -0.1) is 0 Å². The second-order valence-corrected chi connectivity index (χ2v) is 18.0. The van der Waals surface area contributed by atoms with E-state index in [1.165, 1.54) is 6.42 Å². The molecule has 140 valence electrons. The van der Waals surface area contributed by atoms with Crippen LogP contribution in [-0.2, 0) is 4.57 Å². The molecule has 0 heterocycles. The lowest BCUT2D eigenvalue weighted by molar-refractivity contribution is -0.429. The van der Waals surface area contributed by atoms with E-state index in [2.05, 4.69) is 0 Å². The zero-order valence-corrected chi connectivity index (χ0v) is 17.5. The summed E-state index contributed by atoms with van der Waals surface area (Å²) in [6, 6.07) is 0. The Bertz CT molecular complexity index is 807. The predicted molar refractivity (Wildman–Crippen MR) is 102 cm³/mol. The maximum atomic E-state index is 13.2. The molecule has 0 aliphatic heterocycles. The second-order valence-electron chi connectivity index (χ2n) is 12.8. The Morgan fingerprint density at radius 1 is 0.654 bits per heavy atom. The molecule has 2 spiro atoms. The molecule has 0 saturated heterocycles. The van der Waals surface area contributed by atoms with Gasteiger partial charge < -0.3 is 0 Å². The van der Waals surface area contributed by atoms with Gasteiger partial charge in [0, 0.05) is 0 Å². The smallest absolute Gasteiger partial charge is 0.259 e. The average Bonchev–Trinajstić information content (AvgIpc) is 2.58. The topological polar surface area (TPSA) is 17.1 Å². The normalized spacial score (nSPS) is 77.4. The minimum Gasteiger partial charge on any atom is -0.289 e. The third kappa shape index (κ3) is 1.11. The molecule has 14 bridgehead atoms. The van der Waals surface area contributed by atoms with Crippen molar-refractivity contribution in [1.29, 1.82) is 0 Å². The van der Waals surface area contributed by atoms with Crippen molar-refractivity contribution in [2.45, 2.75) is 56.5 Å². The van der Waals surface area contributed by atoms with E-state index in [9.17, 15) is 4.57 Å². The SMILES string of the molecule is O=P(Cl)(Cl)C12C[C@@H]3C4CC56CC7C[C@@H]8C9CC(C1)([C@H]([C@@H]5[C@H]9C7)[C@H]4C2)[C@H]3[C@@H]86. The van der Waals surface area contributed by atoms with Gasteiger partial charge in [-0.1, -0.05) is 0 Å². The van der Waals surface area contributed by atoms with Crippen LogP contribution in [0.4, 0.5) is 0 Å². The van der Waals surface area contributed by atoms with E-state index < -0.39 is 5.85 Å². The Kier molecular flexibility index (Phi) is 2.08. The summed E-state index contributed by atoms with van der Waals surface area (Å²) in [5.41, 5.74) is 1.29. The first-order valence-electron chi connectivity index (χ1n) is 11.4. The van der Waals surface area contributed by atoms with Gasteiger partial charge in [0.2, 0.25) is 0 Å². The molecular formula is C22H27Cl2OP. The Labute approximate surface area is 165 Å². The summed E-state index contributed by atoms with van der Waals surface area (Å²) < 4.78 is 13.2. The zero-order valence-electron chi connectivity index (χ0n) is 15.1. The molecule has 13 aliphatic rings. The molecule has 4 heteroatoms. The van der Waals surface area contributed by atoms with Crippen LogP contribution in [0.3, 0.4) is 0 Å². The highest BCUT2D eigenvalue weighted by Crippen LogP contribution is 2.95. The molecule has 13 aliphatic carbocycles. The first kappa shape index (κ1) is 14.7. The molecule has 0 aromatic carbocycles. The number of hydrogen-bond acceptors (Lipinski definition) is 1. The van der Waals surface area contributed by atoms with E-state index in [-0.39, 0.29) is 5.16 Å². The minimum absolute atomic E-state index is 0.192. The van der Waals surface area contributed by atoms with E-state index in [0.29, 0.717) is 5.41 Å². The van der Waals surface area contributed by atoms with Crippen molar-refractivity contribution in [3.63, 3.8) is 0 Å². The van der Waals surface area contributed by atoms with Gasteiger partial charge in [-0.2, -0.15) is 0 Å². The molecular weight excluding hydrogens is 382 g/mol. The van der Waals surface area contributed by atoms with E-state index in [4.69, 9.17) is 22.5 Å². The van der Waals surface area contributed by atoms with E-state index >= 15 is 0 Å². The second kappa shape index (κ2) is 3.67. The molecule has 13 rings (SSSR count). The summed E-state index contributed by atoms with van der Waals surface area (Å²) in [6.45, 7) is 0. The van der Waals surface area contributed by atoms with Gasteiger partial charge in [-0.3, -0.25) is 4.57 Å². The van der Waals surface area contributed by atoms with Crippen molar-refractivity contribution in [2.24, 2.45) is 75.9 Å². The molecule has 13 fully saturated rings. The van der Waals surface area contributed by atoms with E-state index in [1.807, 2.05) is 0 Å². The first-order valence-corrected chi connectivity index (χ1v) is 14.9. The summed E-state index contributed by atoms with van der Waals surface area (Å²) in [6.07, 6.45) is 11.2. The third-order valence-electron chi connectivity index (χ3n) is 13.0. The van der Waals surface area contributed by atoms with Crippen molar-refractivity contribution in [1.82, 2.24) is 0 Å². The Morgan fingerprint density at radius 2 is 1.19 bits per heavy atom. The highest BCUT2D eigenvalue weighted by atomic mass is 35.9. The van der Waals surface area contributed by atoms with E-state index in [1.54, 1.807) is 25.7 Å².